The van der Waals surface area contributed by atoms with Crippen molar-refractivity contribution in [3.63, 3.8) is 0 Å². The largest absolute Gasteiger partial charge is 0.398 e. The van der Waals surface area contributed by atoms with Crippen molar-refractivity contribution in [2.45, 2.75) is 13.8 Å². The first kappa shape index (κ1) is 14.4. The van der Waals surface area contributed by atoms with Crippen LogP contribution in [-0.2, 0) is 0 Å². The number of nitrogens with zero attached hydrogens (tertiary/aromatic N) is 1. The van der Waals surface area contributed by atoms with Crippen LogP contribution in [0.5, 0.6) is 0 Å². The Labute approximate surface area is 125 Å². The summed E-state index contributed by atoms with van der Waals surface area (Å²) in [4.78, 5) is 13.2. The summed E-state index contributed by atoms with van der Waals surface area (Å²) in [6.07, 6.45) is 0. The van der Waals surface area contributed by atoms with Crippen molar-refractivity contribution in [3.8, 4) is 6.07 Å². The fraction of sp³-hybridized carbons (Fsp3) is 0.143. The van der Waals surface area contributed by atoms with E-state index in [4.69, 9.17) is 22.6 Å². The van der Waals surface area contributed by atoms with E-state index in [0.717, 1.165) is 10.4 Å². The zero-order valence-corrected chi connectivity index (χ0v) is 12.5. The predicted octanol–water partition coefficient (Wildman–Crippen LogP) is 3.72. The van der Waals surface area contributed by atoms with Crippen LogP contribution in [0.4, 0.5) is 10.7 Å². The Kier molecular flexibility index (Phi) is 3.98. The van der Waals surface area contributed by atoms with Crippen molar-refractivity contribution in [1.29, 1.82) is 5.26 Å². The predicted molar refractivity (Wildman–Crippen MR) is 82.3 cm³/mol. The lowest BCUT2D eigenvalue weighted by Gasteiger charge is -2.06. The summed E-state index contributed by atoms with van der Waals surface area (Å²) in [6.45, 7) is 3.77. The lowest BCUT2D eigenvalue weighted by atomic mass is 10.1. The topological polar surface area (TPSA) is 78.9 Å². The number of thiophene rings is 1. The number of hydrogen-bond acceptors (Lipinski definition) is 4. The van der Waals surface area contributed by atoms with Crippen molar-refractivity contribution in [1.82, 2.24) is 0 Å². The van der Waals surface area contributed by atoms with Gasteiger partial charge in [-0.25, -0.2) is 0 Å². The summed E-state index contributed by atoms with van der Waals surface area (Å²) in [5, 5.41) is 12.9. The maximum atomic E-state index is 12.2. The molecule has 0 aliphatic heterocycles. The average Bonchev–Trinajstić information content (AvgIpc) is 2.64. The minimum Gasteiger partial charge on any atom is -0.398 e. The molecule has 1 aromatic carbocycles. The third-order valence-corrected chi connectivity index (χ3v) is 4.34. The highest BCUT2D eigenvalue weighted by atomic mass is 35.5. The molecular formula is C14H12ClN3OS. The van der Waals surface area contributed by atoms with E-state index in [9.17, 15) is 4.79 Å². The van der Waals surface area contributed by atoms with Gasteiger partial charge in [-0.05, 0) is 37.6 Å². The molecule has 4 nitrogen and oxygen atoms in total. The molecule has 1 amide bonds. The molecule has 0 saturated heterocycles. The molecule has 2 rings (SSSR count). The van der Waals surface area contributed by atoms with Gasteiger partial charge in [0.1, 0.15) is 11.1 Å². The van der Waals surface area contributed by atoms with Crippen LogP contribution in [0.2, 0.25) is 5.02 Å². The van der Waals surface area contributed by atoms with Crippen molar-refractivity contribution in [2.75, 3.05) is 11.1 Å². The first-order valence-electron chi connectivity index (χ1n) is 5.80. The number of hydrogen-bond donors (Lipinski definition) is 2. The highest BCUT2D eigenvalue weighted by Crippen LogP contribution is 2.32. The number of benzene rings is 1. The lowest BCUT2D eigenvalue weighted by Crippen LogP contribution is -2.13. The highest BCUT2D eigenvalue weighted by Gasteiger charge is 2.16. The Morgan fingerprint density at radius 2 is 2.15 bits per heavy atom. The second-order valence-electron chi connectivity index (χ2n) is 4.28. The standard InChI is InChI=1S/C14H12ClN3OS/c1-7-8(2)20-14(11(7)6-16)18-13(19)10-4-3-9(15)5-12(10)17/h3-5H,17H2,1-2H3,(H,18,19). The molecule has 0 aliphatic carbocycles. The second kappa shape index (κ2) is 5.53. The number of nitrogens with two attached hydrogens (primary N) is 1. The van der Waals surface area contributed by atoms with Gasteiger partial charge in [-0.3, -0.25) is 4.79 Å². The van der Waals surface area contributed by atoms with Gasteiger partial charge < -0.3 is 11.1 Å². The Bertz CT molecular complexity index is 731. The van der Waals surface area contributed by atoms with Crippen LogP contribution in [0.15, 0.2) is 18.2 Å². The van der Waals surface area contributed by atoms with Gasteiger partial charge in [0.15, 0.2) is 0 Å². The van der Waals surface area contributed by atoms with Crippen molar-refractivity contribution >= 4 is 39.5 Å². The normalized spacial score (nSPS) is 10.1. The van der Waals surface area contributed by atoms with E-state index >= 15 is 0 Å². The Hall–Kier alpha value is -2.03. The quantitative estimate of drug-likeness (QED) is 0.830. The smallest absolute Gasteiger partial charge is 0.258 e. The molecule has 0 spiro atoms. The van der Waals surface area contributed by atoms with Crippen LogP contribution in [-0.4, -0.2) is 5.91 Å². The first-order valence-corrected chi connectivity index (χ1v) is 7.00. The maximum absolute atomic E-state index is 12.2. The van der Waals surface area contributed by atoms with Gasteiger partial charge in [-0.1, -0.05) is 11.6 Å². The molecule has 6 heteroatoms. The summed E-state index contributed by atoms with van der Waals surface area (Å²) in [5.74, 6) is -0.350. The number of carbonyl (C=O) groups excluding carboxylic acids is 1. The fourth-order valence-corrected chi connectivity index (χ4v) is 2.95. The molecular weight excluding hydrogens is 294 g/mol. The third-order valence-electron chi connectivity index (χ3n) is 2.98. The monoisotopic (exact) mass is 305 g/mol. The van der Waals surface area contributed by atoms with Gasteiger partial charge in [0.2, 0.25) is 0 Å². The van der Waals surface area contributed by atoms with Crippen molar-refractivity contribution in [3.05, 3.63) is 44.8 Å². The van der Waals surface area contributed by atoms with Gasteiger partial charge >= 0.3 is 0 Å². The summed E-state index contributed by atoms with van der Waals surface area (Å²) >= 11 is 7.18. The molecule has 0 atom stereocenters. The van der Waals surface area contributed by atoms with Gasteiger partial charge in [0.05, 0.1) is 11.1 Å². The number of anilines is 2. The third kappa shape index (κ3) is 2.62. The Morgan fingerprint density at radius 3 is 2.75 bits per heavy atom. The number of rotatable bonds is 2. The van der Waals surface area contributed by atoms with Crippen LogP contribution in [0.3, 0.4) is 0 Å². The summed E-state index contributed by atoms with van der Waals surface area (Å²) in [7, 11) is 0. The molecule has 1 heterocycles. The highest BCUT2D eigenvalue weighted by molar-refractivity contribution is 7.16. The minimum atomic E-state index is -0.350. The SMILES string of the molecule is Cc1sc(NC(=O)c2ccc(Cl)cc2N)c(C#N)c1C. The molecule has 3 N–H and O–H groups in total. The molecule has 20 heavy (non-hydrogen) atoms. The van der Waals surface area contributed by atoms with Crippen LogP contribution in [0.1, 0.15) is 26.4 Å². The minimum absolute atomic E-state index is 0.304. The van der Waals surface area contributed by atoms with Crippen LogP contribution < -0.4 is 11.1 Å². The van der Waals surface area contributed by atoms with E-state index in [0.29, 0.717) is 26.8 Å². The molecule has 2 aromatic rings. The van der Waals surface area contributed by atoms with E-state index in [1.54, 1.807) is 12.1 Å². The first-order chi connectivity index (χ1) is 9.43. The van der Waals surface area contributed by atoms with Crippen LogP contribution in [0.25, 0.3) is 0 Å². The zero-order chi connectivity index (χ0) is 14.9. The molecule has 102 valence electrons. The molecule has 0 aliphatic rings. The van der Waals surface area contributed by atoms with Crippen molar-refractivity contribution in [2.24, 2.45) is 0 Å². The zero-order valence-electron chi connectivity index (χ0n) is 11.0. The fourth-order valence-electron chi connectivity index (χ4n) is 1.76. The van der Waals surface area contributed by atoms with Gasteiger partial charge in [0, 0.05) is 15.6 Å². The summed E-state index contributed by atoms with van der Waals surface area (Å²) < 4.78 is 0. The summed E-state index contributed by atoms with van der Waals surface area (Å²) in [6, 6.07) is 6.79. The van der Waals surface area contributed by atoms with Crippen LogP contribution >= 0.6 is 22.9 Å². The number of halogens is 1. The van der Waals surface area contributed by atoms with Gasteiger partial charge in [0.25, 0.3) is 5.91 Å². The molecule has 1 aromatic heterocycles. The van der Waals surface area contributed by atoms with E-state index in [2.05, 4.69) is 11.4 Å². The van der Waals surface area contributed by atoms with Crippen LogP contribution in [0, 0.1) is 25.2 Å². The second-order valence-corrected chi connectivity index (χ2v) is 5.95. The maximum Gasteiger partial charge on any atom is 0.258 e. The molecule has 0 bridgehead atoms. The average molecular weight is 306 g/mol. The number of carbonyl (C=O) groups is 1. The number of nitrogens with one attached hydrogen (secondary N) is 1. The Morgan fingerprint density at radius 1 is 1.45 bits per heavy atom. The van der Waals surface area contributed by atoms with Gasteiger partial charge in [-0.15, -0.1) is 11.3 Å². The van der Waals surface area contributed by atoms with Crippen molar-refractivity contribution < 1.29 is 4.79 Å². The molecule has 0 fully saturated rings. The summed E-state index contributed by atoms with van der Waals surface area (Å²) in [5.41, 5.74) is 7.79. The molecule has 0 radical (unpaired) electrons. The number of nitrogen functional groups attached to an aromatic ring is 1. The molecule has 0 saturated carbocycles. The molecule has 0 unspecified atom stereocenters. The van der Waals surface area contributed by atoms with E-state index in [1.165, 1.54) is 17.4 Å². The van der Waals surface area contributed by atoms with Gasteiger partial charge in [-0.2, -0.15) is 5.26 Å². The van der Waals surface area contributed by atoms with E-state index in [-0.39, 0.29) is 5.91 Å². The number of nitriles is 1. The lowest BCUT2D eigenvalue weighted by molar-refractivity contribution is 0.102. The van der Waals surface area contributed by atoms with E-state index < -0.39 is 0 Å². The number of amides is 1. The van der Waals surface area contributed by atoms with E-state index in [1.807, 2.05) is 13.8 Å². The number of aryl methyl sites for hydroxylation is 1. The Balaban J connectivity index is 2.33.